The average molecular weight is 251 g/mol. The summed E-state index contributed by atoms with van der Waals surface area (Å²) in [6, 6.07) is 11.2. The summed E-state index contributed by atoms with van der Waals surface area (Å²) in [6.07, 6.45) is 1.74. The summed E-state index contributed by atoms with van der Waals surface area (Å²) in [5.41, 5.74) is 2.62. The number of benzene rings is 1. The van der Waals surface area contributed by atoms with E-state index in [1.165, 1.54) is 0 Å². The molecule has 0 aliphatic rings. The quantitative estimate of drug-likeness (QED) is 0.908. The van der Waals surface area contributed by atoms with Crippen LogP contribution < -0.4 is 5.32 Å². The molecular weight excluding hydrogens is 238 g/mol. The summed E-state index contributed by atoms with van der Waals surface area (Å²) >= 11 is 0. The highest BCUT2D eigenvalue weighted by Crippen LogP contribution is 2.20. The summed E-state index contributed by atoms with van der Waals surface area (Å²) in [6.45, 7) is 2.02. The van der Waals surface area contributed by atoms with Crippen molar-refractivity contribution in [3.63, 3.8) is 0 Å². The number of anilines is 1. The number of nitrogens with one attached hydrogen (secondary N) is 1. The maximum atomic E-state index is 8.99. The fraction of sp³-hybridized carbons (Fsp3) is 0.214. The van der Waals surface area contributed by atoms with Gasteiger partial charge in [-0.25, -0.2) is 0 Å². The molecule has 0 saturated heterocycles. The number of hydrogen-bond donors (Lipinski definition) is 1. The lowest BCUT2D eigenvalue weighted by Crippen LogP contribution is -2.11. The van der Waals surface area contributed by atoms with E-state index in [0.717, 1.165) is 11.4 Å². The van der Waals surface area contributed by atoms with Gasteiger partial charge >= 0.3 is 0 Å². The van der Waals surface area contributed by atoms with Gasteiger partial charge in [0.25, 0.3) is 0 Å². The molecule has 19 heavy (non-hydrogen) atoms. The summed E-state index contributed by atoms with van der Waals surface area (Å²) in [7, 11) is 1.88. The van der Waals surface area contributed by atoms with Crippen molar-refractivity contribution in [2.24, 2.45) is 7.05 Å². The summed E-state index contributed by atoms with van der Waals surface area (Å²) < 4.78 is 1.80. The van der Waals surface area contributed by atoms with E-state index in [9.17, 15) is 0 Å². The number of aryl methyl sites for hydroxylation is 1. The first-order valence-corrected chi connectivity index (χ1v) is 5.84. The molecule has 2 aromatic rings. The van der Waals surface area contributed by atoms with Gasteiger partial charge in [-0.2, -0.15) is 15.6 Å². The Morgan fingerprint density at radius 1 is 1.21 bits per heavy atom. The van der Waals surface area contributed by atoms with E-state index in [1.54, 1.807) is 29.1 Å². The van der Waals surface area contributed by atoms with Crippen LogP contribution in [0.25, 0.3) is 0 Å². The molecule has 1 unspecified atom stereocenters. The molecule has 1 heterocycles. The van der Waals surface area contributed by atoms with Crippen LogP contribution in [0.5, 0.6) is 0 Å². The summed E-state index contributed by atoms with van der Waals surface area (Å²) in [5.74, 6) is 0. The standard InChI is InChI=1S/C14H13N5/c1-10(14-5-6-17-19(14)2)18-13-4-3-11(8-15)12(7-13)9-16/h3-7,10,18H,1-2H3. The van der Waals surface area contributed by atoms with E-state index in [4.69, 9.17) is 10.5 Å². The van der Waals surface area contributed by atoms with Crippen LogP contribution in [0.2, 0.25) is 0 Å². The lowest BCUT2D eigenvalue weighted by molar-refractivity contribution is 0.676. The zero-order valence-corrected chi connectivity index (χ0v) is 10.8. The Morgan fingerprint density at radius 3 is 2.53 bits per heavy atom. The van der Waals surface area contributed by atoms with Crippen molar-refractivity contribution in [3.8, 4) is 12.1 Å². The lowest BCUT2D eigenvalue weighted by atomic mass is 10.1. The fourth-order valence-electron chi connectivity index (χ4n) is 1.96. The monoisotopic (exact) mass is 251 g/mol. The van der Waals surface area contributed by atoms with Gasteiger partial charge in [0.1, 0.15) is 12.1 Å². The van der Waals surface area contributed by atoms with Gasteiger partial charge in [0, 0.05) is 18.9 Å². The molecule has 0 amide bonds. The molecule has 0 aliphatic carbocycles. The van der Waals surface area contributed by atoms with Crippen molar-refractivity contribution >= 4 is 5.69 Å². The topological polar surface area (TPSA) is 77.4 Å². The molecule has 0 saturated carbocycles. The largest absolute Gasteiger partial charge is 0.377 e. The highest BCUT2D eigenvalue weighted by Gasteiger charge is 2.10. The zero-order valence-electron chi connectivity index (χ0n) is 10.8. The fourth-order valence-corrected chi connectivity index (χ4v) is 1.96. The third-order valence-corrected chi connectivity index (χ3v) is 2.95. The maximum absolute atomic E-state index is 8.99. The van der Waals surface area contributed by atoms with Gasteiger partial charge < -0.3 is 5.32 Å². The summed E-state index contributed by atoms with van der Waals surface area (Å²) in [4.78, 5) is 0. The normalized spacial score (nSPS) is 11.4. The Kier molecular flexibility index (Phi) is 3.49. The van der Waals surface area contributed by atoms with Gasteiger partial charge in [-0.05, 0) is 31.2 Å². The molecule has 5 nitrogen and oxygen atoms in total. The molecule has 94 valence electrons. The zero-order chi connectivity index (χ0) is 13.8. The molecule has 5 heteroatoms. The molecule has 0 bridgehead atoms. The number of nitriles is 2. The van der Waals surface area contributed by atoms with Crippen molar-refractivity contribution in [3.05, 3.63) is 47.3 Å². The van der Waals surface area contributed by atoms with Crippen LogP contribution in [-0.2, 0) is 7.05 Å². The van der Waals surface area contributed by atoms with E-state index >= 15 is 0 Å². The highest BCUT2D eigenvalue weighted by molar-refractivity contribution is 5.56. The Morgan fingerprint density at radius 2 is 1.95 bits per heavy atom. The lowest BCUT2D eigenvalue weighted by Gasteiger charge is -2.15. The SMILES string of the molecule is CC(Nc1ccc(C#N)c(C#N)c1)c1ccnn1C. The van der Waals surface area contributed by atoms with Gasteiger partial charge in [0.05, 0.1) is 22.9 Å². The predicted octanol–water partition coefficient (Wildman–Crippen LogP) is 2.34. The predicted molar refractivity (Wildman–Crippen MR) is 71.1 cm³/mol. The first-order valence-electron chi connectivity index (χ1n) is 5.84. The maximum Gasteiger partial charge on any atom is 0.101 e. The molecule has 0 aliphatic heterocycles. The Balaban J connectivity index is 2.23. The number of aromatic nitrogens is 2. The third kappa shape index (κ3) is 2.56. The average Bonchev–Trinajstić information content (AvgIpc) is 2.85. The van der Waals surface area contributed by atoms with Crippen molar-refractivity contribution in [1.82, 2.24) is 9.78 Å². The minimum absolute atomic E-state index is 0.0620. The molecule has 1 aromatic heterocycles. The molecular formula is C14H13N5. The molecule has 0 radical (unpaired) electrons. The number of hydrogen-bond acceptors (Lipinski definition) is 4. The summed E-state index contributed by atoms with van der Waals surface area (Å²) in [5, 5.41) is 25.3. The van der Waals surface area contributed by atoms with Crippen LogP contribution in [0.15, 0.2) is 30.5 Å². The van der Waals surface area contributed by atoms with Crippen molar-refractivity contribution in [2.45, 2.75) is 13.0 Å². The highest BCUT2D eigenvalue weighted by atomic mass is 15.3. The number of rotatable bonds is 3. The van der Waals surface area contributed by atoms with Gasteiger partial charge in [-0.1, -0.05) is 0 Å². The van der Waals surface area contributed by atoms with Crippen LogP contribution >= 0.6 is 0 Å². The molecule has 1 aromatic carbocycles. The Hall–Kier alpha value is -2.79. The van der Waals surface area contributed by atoms with Crippen LogP contribution in [0, 0.1) is 22.7 Å². The molecule has 1 atom stereocenters. The second-order valence-electron chi connectivity index (χ2n) is 4.23. The number of nitrogens with zero attached hydrogens (tertiary/aromatic N) is 4. The van der Waals surface area contributed by atoms with E-state index in [-0.39, 0.29) is 6.04 Å². The van der Waals surface area contributed by atoms with Crippen LogP contribution in [-0.4, -0.2) is 9.78 Å². The second-order valence-corrected chi connectivity index (χ2v) is 4.23. The molecule has 0 fully saturated rings. The van der Waals surface area contributed by atoms with Crippen molar-refractivity contribution in [1.29, 1.82) is 10.5 Å². The molecule has 0 spiro atoms. The van der Waals surface area contributed by atoms with Gasteiger partial charge in [-0.15, -0.1) is 0 Å². The first-order chi connectivity index (χ1) is 9.15. The van der Waals surface area contributed by atoms with Gasteiger partial charge in [0.15, 0.2) is 0 Å². The Labute approximate surface area is 111 Å². The minimum Gasteiger partial charge on any atom is -0.377 e. The minimum atomic E-state index is 0.0620. The van der Waals surface area contributed by atoms with E-state index < -0.39 is 0 Å². The van der Waals surface area contributed by atoms with Crippen LogP contribution in [0.4, 0.5) is 5.69 Å². The molecule has 1 N–H and O–H groups in total. The second kappa shape index (κ2) is 5.24. The van der Waals surface area contributed by atoms with Gasteiger partial charge in [-0.3, -0.25) is 4.68 Å². The molecule has 2 rings (SSSR count). The third-order valence-electron chi connectivity index (χ3n) is 2.95. The van der Waals surface area contributed by atoms with E-state index in [1.807, 2.05) is 32.2 Å². The Bertz CT molecular complexity index is 672. The smallest absolute Gasteiger partial charge is 0.101 e. The van der Waals surface area contributed by atoms with Crippen molar-refractivity contribution < 1.29 is 0 Å². The van der Waals surface area contributed by atoms with Gasteiger partial charge in [0.2, 0.25) is 0 Å². The van der Waals surface area contributed by atoms with Crippen LogP contribution in [0.3, 0.4) is 0 Å². The van der Waals surface area contributed by atoms with Crippen LogP contribution in [0.1, 0.15) is 29.8 Å². The van der Waals surface area contributed by atoms with Crippen molar-refractivity contribution in [2.75, 3.05) is 5.32 Å². The van der Waals surface area contributed by atoms with E-state index in [2.05, 4.69) is 10.4 Å². The first kappa shape index (κ1) is 12.7. The van der Waals surface area contributed by atoms with E-state index in [0.29, 0.717) is 11.1 Å².